The zero-order valence-corrected chi connectivity index (χ0v) is 22.9. The molecular weight excluding hydrogens is 588 g/mol. The second kappa shape index (κ2) is 16.7. The summed E-state index contributed by atoms with van der Waals surface area (Å²) in [7, 11) is 0. The zero-order valence-electron chi connectivity index (χ0n) is 19.6. The summed E-state index contributed by atoms with van der Waals surface area (Å²) in [5, 5.41) is 61.5. The lowest BCUT2D eigenvalue weighted by molar-refractivity contribution is -0.338. The van der Waals surface area contributed by atoms with Crippen molar-refractivity contribution in [3.8, 4) is 0 Å². The summed E-state index contributed by atoms with van der Waals surface area (Å²) in [5.41, 5.74) is 29.3. The molecule has 2 heterocycles. The van der Waals surface area contributed by atoms with Gasteiger partial charge in [-0.15, -0.1) is 49.6 Å². The number of rotatable bonds is 6. The predicted molar refractivity (Wildman–Crippen MR) is 139 cm³/mol. The van der Waals surface area contributed by atoms with E-state index in [1.807, 2.05) is 0 Å². The first kappa shape index (κ1) is 39.7. The van der Waals surface area contributed by atoms with Crippen molar-refractivity contribution in [2.45, 2.75) is 98.2 Å². The van der Waals surface area contributed by atoms with Crippen molar-refractivity contribution in [3.05, 3.63) is 0 Å². The fourth-order valence-corrected chi connectivity index (χ4v) is 4.41. The molecule has 2 aliphatic heterocycles. The molecule has 16 N–H and O–H groups in total. The average Bonchev–Trinajstić information content (AvgIpc) is 2.79. The molecule has 3 aliphatic rings. The Morgan fingerprint density at radius 3 is 1.54 bits per heavy atom. The summed E-state index contributed by atoms with van der Waals surface area (Å²) in [4.78, 5) is 0. The Balaban J connectivity index is 0. The maximum Gasteiger partial charge on any atom is 0.187 e. The Kier molecular flexibility index (Phi) is 18.0. The lowest BCUT2D eigenvalue weighted by Gasteiger charge is -2.48. The molecule has 37 heavy (non-hydrogen) atoms. The highest BCUT2D eigenvalue weighted by atomic mass is 35.5. The molecule has 3 rings (SSSR count). The third-order valence-electron chi connectivity index (χ3n) is 6.53. The summed E-state index contributed by atoms with van der Waals surface area (Å²) in [6.07, 6.45) is -15.9. The Hall–Kier alpha value is 0.560. The molecule has 0 bridgehead atoms. The molecule has 0 aromatic heterocycles. The first-order valence-corrected chi connectivity index (χ1v) is 10.9. The van der Waals surface area contributed by atoms with Crippen LogP contribution < -0.4 is 28.7 Å². The minimum atomic E-state index is -1.68. The Morgan fingerprint density at radius 1 is 0.568 bits per heavy atom. The van der Waals surface area contributed by atoms with Crippen molar-refractivity contribution >= 4 is 49.6 Å². The number of ether oxygens (including phenoxy) is 4. The summed E-state index contributed by atoms with van der Waals surface area (Å²) < 4.78 is 22.7. The van der Waals surface area contributed by atoms with E-state index in [0.717, 1.165) is 0 Å². The highest BCUT2D eigenvalue weighted by Crippen LogP contribution is 2.31. The van der Waals surface area contributed by atoms with Crippen molar-refractivity contribution in [2.24, 2.45) is 28.7 Å². The minimum absolute atomic E-state index is 0. The van der Waals surface area contributed by atoms with Gasteiger partial charge >= 0.3 is 0 Å². The van der Waals surface area contributed by atoms with Gasteiger partial charge in [0, 0.05) is 25.2 Å². The van der Waals surface area contributed by atoms with Crippen molar-refractivity contribution < 1.29 is 49.6 Å². The highest BCUT2D eigenvalue weighted by molar-refractivity contribution is 5.86. The molecule has 0 unspecified atom stereocenters. The molecule has 0 spiro atoms. The largest absolute Gasteiger partial charge is 0.389 e. The Morgan fingerprint density at radius 2 is 1.03 bits per heavy atom. The number of hydrogen-bond acceptors (Lipinski definition) is 15. The lowest BCUT2D eigenvalue weighted by Crippen LogP contribution is -2.69. The SMILES string of the molecule is Cl.Cl.Cl.Cl.NC[C@@H]1O[C@H](O[C@H]2[C@H](O[C@@H]3O[C@H](CN)[C@@H](O)[C@H](O)[C@@H]3O)[C@H](O)[C@H](N)C[C@H]2N)[C@@H](N)[C@@H](O)[C@@H]1O. The molecule has 15 atom stereocenters. The van der Waals surface area contributed by atoms with E-state index in [2.05, 4.69) is 0 Å². The van der Waals surface area contributed by atoms with Crippen LogP contribution in [0.4, 0.5) is 0 Å². The van der Waals surface area contributed by atoms with E-state index in [4.69, 9.17) is 47.6 Å². The van der Waals surface area contributed by atoms with Gasteiger partial charge in [0.1, 0.15) is 54.9 Å². The summed E-state index contributed by atoms with van der Waals surface area (Å²) in [6.45, 7) is -0.305. The number of hydrogen-bond donors (Lipinski definition) is 11. The first-order chi connectivity index (χ1) is 15.5. The number of nitrogens with two attached hydrogens (primary N) is 5. The van der Waals surface area contributed by atoms with Gasteiger partial charge in [0.15, 0.2) is 12.6 Å². The van der Waals surface area contributed by atoms with E-state index >= 15 is 0 Å². The van der Waals surface area contributed by atoms with Gasteiger partial charge in [-0.2, -0.15) is 0 Å². The second-order valence-corrected chi connectivity index (χ2v) is 8.84. The molecule has 1 aliphatic carbocycles. The van der Waals surface area contributed by atoms with E-state index in [1.54, 1.807) is 0 Å². The third-order valence-corrected chi connectivity index (χ3v) is 6.53. The van der Waals surface area contributed by atoms with E-state index in [9.17, 15) is 30.6 Å². The number of aliphatic hydroxyl groups excluding tert-OH is 6. The van der Waals surface area contributed by atoms with Crippen LogP contribution in [0.15, 0.2) is 0 Å². The molecule has 0 aromatic carbocycles. The van der Waals surface area contributed by atoms with E-state index < -0.39 is 91.7 Å². The molecule has 0 amide bonds. The van der Waals surface area contributed by atoms with Crippen LogP contribution >= 0.6 is 49.6 Å². The monoisotopic (exact) mass is 627 g/mol. The quantitative estimate of drug-likeness (QED) is 0.131. The molecule has 19 heteroatoms. The van der Waals surface area contributed by atoms with Crippen LogP contribution in [0.1, 0.15) is 6.42 Å². The fourth-order valence-electron chi connectivity index (χ4n) is 4.41. The van der Waals surface area contributed by atoms with Gasteiger partial charge in [-0.05, 0) is 6.42 Å². The van der Waals surface area contributed by atoms with Crippen molar-refractivity contribution in [3.63, 3.8) is 0 Å². The molecule has 15 nitrogen and oxygen atoms in total. The number of halogens is 4. The van der Waals surface area contributed by atoms with Crippen LogP contribution in [0.3, 0.4) is 0 Å². The minimum Gasteiger partial charge on any atom is -0.389 e. The van der Waals surface area contributed by atoms with Gasteiger partial charge in [0.25, 0.3) is 0 Å². The van der Waals surface area contributed by atoms with Crippen LogP contribution in [-0.2, 0) is 18.9 Å². The van der Waals surface area contributed by atoms with E-state index in [-0.39, 0.29) is 69.1 Å². The van der Waals surface area contributed by atoms with Gasteiger partial charge < -0.3 is 78.3 Å². The maximum absolute atomic E-state index is 10.7. The van der Waals surface area contributed by atoms with Crippen molar-refractivity contribution in [2.75, 3.05) is 13.1 Å². The normalized spacial score (nSPS) is 47.9. The molecule has 1 saturated carbocycles. The maximum atomic E-state index is 10.7. The number of aliphatic hydroxyl groups is 6. The summed E-state index contributed by atoms with van der Waals surface area (Å²) in [6, 6.07) is -2.80. The molecule has 2 saturated heterocycles. The molecule has 0 radical (unpaired) electrons. The van der Waals surface area contributed by atoms with Crippen molar-refractivity contribution in [1.82, 2.24) is 0 Å². The van der Waals surface area contributed by atoms with Gasteiger partial charge in [-0.1, -0.05) is 0 Å². The summed E-state index contributed by atoms with van der Waals surface area (Å²) in [5.74, 6) is 0. The predicted octanol–water partition coefficient (Wildman–Crippen LogP) is -5.64. The average molecular weight is 629 g/mol. The Bertz CT molecular complexity index is 654. The standard InChI is InChI=1S/C18H37N5O10.4ClH/c19-2-6-10(25)12(27)8(23)17(30-6)32-15-5(22)1-4(21)9(24)16(15)33-18-14(29)13(28)11(26)7(3-20)31-18;;;;/h4-18,24-29H,1-3,19-23H2;4*1H/t4-,5-,6+,7-,8+,9-,10-,11-,12-,13+,14+,15-,16-,17-,18+;;;;/m1..../s1. The fraction of sp³-hybridized carbons (Fsp3) is 1.00. The summed E-state index contributed by atoms with van der Waals surface area (Å²) >= 11 is 0. The zero-order chi connectivity index (χ0) is 24.6. The lowest BCUT2D eigenvalue weighted by atomic mass is 9.84. The van der Waals surface area contributed by atoms with Gasteiger partial charge in [0.2, 0.25) is 0 Å². The first-order valence-electron chi connectivity index (χ1n) is 10.9. The smallest absolute Gasteiger partial charge is 0.187 e. The topological polar surface area (TPSA) is 288 Å². The van der Waals surface area contributed by atoms with Gasteiger partial charge in [-0.25, -0.2) is 0 Å². The van der Waals surface area contributed by atoms with Crippen LogP contribution in [0.25, 0.3) is 0 Å². The Labute approximate surface area is 238 Å². The second-order valence-electron chi connectivity index (χ2n) is 8.84. The molecular formula is C18H41Cl4N5O10. The van der Waals surface area contributed by atoms with Crippen molar-refractivity contribution in [1.29, 1.82) is 0 Å². The van der Waals surface area contributed by atoms with Gasteiger partial charge in [-0.3, -0.25) is 0 Å². The third kappa shape index (κ3) is 8.29. The molecule has 3 fully saturated rings. The molecule has 226 valence electrons. The van der Waals surface area contributed by atoms with Crippen LogP contribution in [0.5, 0.6) is 0 Å². The van der Waals surface area contributed by atoms with Crippen LogP contribution in [0, 0.1) is 0 Å². The van der Waals surface area contributed by atoms with Gasteiger partial charge in [0.05, 0.1) is 12.1 Å². The van der Waals surface area contributed by atoms with E-state index in [1.165, 1.54) is 0 Å². The van der Waals surface area contributed by atoms with E-state index in [0.29, 0.717) is 0 Å². The van der Waals surface area contributed by atoms with Crippen LogP contribution in [0.2, 0.25) is 0 Å². The highest BCUT2D eigenvalue weighted by Gasteiger charge is 2.51. The van der Waals surface area contributed by atoms with Crippen LogP contribution in [-0.4, -0.2) is 135 Å². The molecule has 0 aromatic rings.